The molecule has 0 aliphatic rings. The normalized spacial score (nSPS) is 11.6. The van der Waals surface area contributed by atoms with E-state index in [2.05, 4.69) is 26.0 Å². The van der Waals surface area contributed by atoms with Gasteiger partial charge in [0.2, 0.25) is 0 Å². The van der Waals surface area contributed by atoms with Gasteiger partial charge in [0.05, 0.1) is 6.61 Å². The zero-order valence-corrected chi connectivity index (χ0v) is 10.2. The van der Waals surface area contributed by atoms with Crippen molar-refractivity contribution in [3.8, 4) is 0 Å². The summed E-state index contributed by atoms with van der Waals surface area (Å²) in [5.41, 5.74) is 0.599. The SMILES string of the molecule is Fc1ccc(NCCOCC(F)(F)F)c(Br)c1. The lowest BCUT2D eigenvalue weighted by Gasteiger charge is -2.10. The average Bonchev–Trinajstić information content (AvgIpc) is 2.18. The maximum absolute atomic E-state index is 12.7. The molecule has 0 spiro atoms. The molecule has 96 valence electrons. The summed E-state index contributed by atoms with van der Waals surface area (Å²) in [7, 11) is 0. The molecule has 0 bridgehead atoms. The summed E-state index contributed by atoms with van der Waals surface area (Å²) in [6, 6.07) is 4.01. The van der Waals surface area contributed by atoms with Crippen LogP contribution >= 0.6 is 15.9 Å². The molecule has 1 aromatic rings. The van der Waals surface area contributed by atoms with Crippen LogP contribution in [0.4, 0.5) is 23.2 Å². The Morgan fingerprint density at radius 2 is 2.00 bits per heavy atom. The van der Waals surface area contributed by atoms with Crippen LogP contribution in [0.15, 0.2) is 22.7 Å². The highest BCUT2D eigenvalue weighted by atomic mass is 79.9. The van der Waals surface area contributed by atoms with Crippen molar-refractivity contribution in [2.45, 2.75) is 6.18 Å². The first-order valence-corrected chi connectivity index (χ1v) is 5.51. The highest BCUT2D eigenvalue weighted by Gasteiger charge is 2.27. The van der Waals surface area contributed by atoms with Gasteiger partial charge in [0.1, 0.15) is 12.4 Å². The number of halogens is 5. The Morgan fingerprint density at radius 1 is 1.29 bits per heavy atom. The third kappa shape index (κ3) is 5.88. The third-order valence-electron chi connectivity index (χ3n) is 1.76. The molecule has 0 fully saturated rings. The number of alkyl halides is 3. The molecule has 1 N–H and O–H groups in total. The molecular formula is C10H10BrF4NO. The van der Waals surface area contributed by atoms with Crippen molar-refractivity contribution in [3.05, 3.63) is 28.5 Å². The maximum Gasteiger partial charge on any atom is 0.411 e. The molecule has 1 rings (SSSR count). The molecule has 17 heavy (non-hydrogen) atoms. The fourth-order valence-electron chi connectivity index (χ4n) is 1.08. The molecule has 0 saturated carbocycles. The van der Waals surface area contributed by atoms with Crippen molar-refractivity contribution >= 4 is 21.6 Å². The number of anilines is 1. The van der Waals surface area contributed by atoms with Crippen LogP contribution in [0.5, 0.6) is 0 Å². The van der Waals surface area contributed by atoms with Crippen molar-refractivity contribution in [3.63, 3.8) is 0 Å². The Balaban J connectivity index is 2.27. The molecule has 0 atom stereocenters. The van der Waals surface area contributed by atoms with Crippen LogP contribution in [0, 0.1) is 5.82 Å². The Bertz CT molecular complexity index is 370. The number of benzene rings is 1. The summed E-state index contributed by atoms with van der Waals surface area (Å²) in [5.74, 6) is -0.393. The molecule has 0 saturated heterocycles. The Hall–Kier alpha value is -0.820. The molecule has 7 heteroatoms. The van der Waals surface area contributed by atoms with E-state index < -0.39 is 18.6 Å². The van der Waals surface area contributed by atoms with Crippen molar-refractivity contribution in [2.24, 2.45) is 0 Å². The lowest BCUT2D eigenvalue weighted by Crippen LogP contribution is -2.20. The van der Waals surface area contributed by atoms with E-state index in [0.29, 0.717) is 10.2 Å². The fourth-order valence-corrected chi connectivity index (χ4v) is 1.57. The standard InChI is InChI=1S/C10H10BrF4NO/c11-8-5-7(12)1-2-9(8)16-3-4-17-6-10(13,14)15/h1-2,5,16H,3-4,6H2. The second-order valence-corrected chi connectivity index (χ2v) is 4.07. The number of rotatable bonds is 5. The van der Waals surface area contributed by atoms with Gasteiger partial charge < -0.3 is 10.1 Å². The monoisotopic (exact) mass is 315 g/mol. The van der Waals surface area contributed by atoms with Gasteiger partial charge in [-0.1, -0.05) is 0 Å². The van der Waals surface area contributed by atoms with Crippen molar-refractivity contribution in [1.29, 1.82) is 0 Å². The van der Waals surface area contributed by atoms with Crippen LogP contribution in [0.2, 0.25) is 0 Å². The summed E-state index contributed by atoms with van der Waals surface area (Å²) in [6.45, 7) is -1.14. The van der Waals surface area contributed by atoms with Gasteiger partial charge in [0.15, 0.2) is 0 Å². The van der Waals surface area contributed by atoms with Gasteiger partial charge in [-0.15, -0.1) is 0 Å². The Kier molecular flexibility index (Phi) is 5.20. The van der Waals surface area contributed by atoms with Crippen molar-refractivity contribution in [1.82, 2.24) is 0 Å². The highest BCUT2D eigenvalue weighted by Crippen LogP contribution is 2.22. The summed E-state index contributed by atoms with van der Waals surface area (Å²) in [5, 5.41) is 2.82. The van der Waals surface area contributed by atoms with Gasteiger partial charge >= 0.3 is 6.18 Å². The van der Waals surface area contributed by atoms with Gasteiger partial charge in [-0.05, 0) is 34.1 Å². The molecule has 0 amide bonds. The lowest BCUT2D eigenvalue weighted by molar-refractivity contribution is -0.172. The second-order valence-electron chi connectivity index (χ2n) is 3.22. The van der Waals surface area contributed by atoms with Crippen LogP contribution in [-0.4, -0.2) is 25.9 Å². The van der Waals surface area contributed by atoms with E-state index in [1.807, 2.05) is 0 Å². The first-order chi connectivity index (χ1) is 7.88. The first-order valence-electron chi connectivity index (χ1n) is 4.72. The van der Waals surface area contributed by atoms with Crippen LogP contribution in [0.25, 0.3) is 0 Å². The summed E-state index contributed by atoms with van der Waals surface area (Å²) in [6.07, 6.45) is -4.31. The Labute approximate surface area is 104 Å². The molecule has 1 aromatic carbocycles. The van der Waals surface area contributed by atoms with Gasteiger partial charge in [0, 0.05) is 16.7 Å². The van der Waals surface area contributed by atoms with Gasteiger partial charge in [0.25, 0.3) is 0 Å². The first kappa shape index (κ1) is 14.2. The zero-order chi connectivity index (χ0) is 12.9. The molecule has 2 nitrogen and oxygen atoms in total. The predicted molar refractivity (Wildman–Crippen MR) is 59.5 cm³/mol. The maximum atomic E-state index is 12.7. The third-order valence-corrected chi connectivity index (χ3v) is 2.41. The van der Waals surface area contributed by atoms with Gasteiger partial charge in [-0.3, -0.25) is 0 Å². The molecular weight excluding hydrogens is 306 g/mol. The molecule has 0 aliphatic carbocycles. The lowest BCUT2D eigenvalue weighted by atomic mass is 10.3. The van der Waals surface area contributed by atoms with E-state index in [4.69, 9.17) is 0 Å². The number of hydrogen-bond acceptors (Lipinski definition) is 2. The van der Waals surface area contributed by atoms with Crippen LogP contribution in [0.3, 0.4) is 0 Å². The van der Waals surface area contributed by atoms with Crippen LogP contribution < -0.4 is 5.32 Å². The van der Waals surface area contributed by atoms with Crippen molar-refractivity contribution < 1.29 is 22.3 Å². The number of hydrogen-bond donors (Lipinski definition) is 1. The highest BCUT2D eigenvalue weighted by molar-refractivity contribution is 9.10. The quantitative estimate of drug-likeness (QED) is 0.662. The van der Waals surface area contributed by atoms with Crippen LogP contribution in [-0.2, 0) is 4.74 Å². The van der Waals surface area contributed by atoms with Gasteiger partial charge in [-0.2, -0.15) is 13.2 Å². The van der Waals surface area contributed by atoms with Crippen LogP contribution in [0.1, 0.15) is 0 Å². The van der Waals surface area contributed by atoms with E-state index in [1.54, 1.807) is 0 Å². The largest absolute Gasteiger partial charge is 0.411 e. The topological polar surface area (TPSA) is 21.3 Å². The van der Waals surface area contributed by atoms with E-state index in [9.17, 15) is 17.6 Å². The smallest absolute Gasteiger partial charge is 0.382 e. The summed E-state index contributed by atoms with van der Waals surface area (Å²) < 4.78 is 52.8. The predicted octanol–water partition coefficient (Wildman–Crippen LogP) is 3.58. The minimum Gasteiger partial charge on any atom is -0.382 e. The summed E-state index contributed by atoms with van der Waals surface area (Å²) >= 11 is 3.12. The average molecular weight is 316 g/mol. The second kappa shape index (κ2) is 6.20. The molecule has 0 unspecified atom stereocenters. The van der Waals surface area contributed by atoms with Crippen molar-refractivity contribution in [2.75, 3.05) is 25.1 Å². The fraction of sp³-hybridized carbons (Fsp3) is 0.400. The minimum atomic E-state index is -4.31. The Morgan fingerprint density at radius 3 is 2.59 bits per heavy atom. The number of nitrogens with one attached hydrogen (secondary N) is 1. The summed E-state index contributed by atoms with van der Waals surface area (Å²) in [4.78, 5) is 0. The van der Waals surface area contributed by atoms with Gasteiger partial charge in [-0.25, -0.2) is 4.39 Å². The van der Waals surface area contributed by atoms with E-state index in [-0.39, 0.29) is 13.2 Å². The molecule has 0 radical (unpaired) electrons. The zero-order valence-electron chi connectivity index (χ0n) is 8.65. The molecule has 0 heterocycles. The molecule has 0 aliphatic heterocycles. The molecule has 0 aromatic heterocycles. The van der Waals surface area contributed by atoms with E-state index in [1.165, 1.54) is 18.2 Å². The van der Waals surface area contributed by atoms with E-state index >= 15 is 0 Å². The number of ether oxygens (including phenoxy) is 1. The minimum absolute atomic E-state index is 0.0800. The van der Waals surface area contributed by atoms with E-state index in [0.717, 1.165) is 0 Å².